The molecule has 1 heterocycles. The van der Waals surface area contributed by atoms with Crippen molar-refractivity contribution in [2.45, 2.75) is 44.4 Å². The Morgan fingerprint density at radius 1 is 1.03 bits per heavy atom. The third-order valence-corrected chi connectivity index (χ3v) is 7.37. The molecule has 1 aromatic heterocycles. The van der Waals surface area contributed by atoms with Gasteiger partial charge in [0.15, 0.2) is 0 Å². The molecule has 148 valence electrons. The van der Waals surface area contributed by atoms with Crippen LogP contribution in [-0.4, -0.2) is 15.6 Å². The van der Waals surface area contributed by atoms with Crippen molar-refractivity contribution in [3.8, 4) is 11.3 Å². The maximum Gasteiger partial charge on any atom is 0.136 e. The molecule has 2 aliphatic rings. The van der Waals surface area contributed by atoms with Crippen LogP contribution in [0.2, 0.25) is 0 Å². The maximum atomic E-state index is 12.6. The lowest BCUT2D eigenvalue weighted by Crippen LogP contribution is -2.50. The van der Waals surface area contributed by atoms with Crippen LogP contribution in [0.4, 0.5) is 0 Å². The van der Waals surface area contributed by atoms with Gasteiger partial charge in [-0.05, 0) is 37.2 Å². The fourth-order valence-electron chi connectivity index (χ4n) is 6.01. The van der Waals surface area contributed by atoms with Gasteiger partial charge in [0.1, 0.15) is 5.78 Å². The van der Waals surface area contributed by atoms with Gasteiger partial charge in [0, 0.05) is 35.9 Å². The molecule has 0 N–H and O–H groups in total. The van der Waals surface area contributed by atoms with E-state index in [0.29, 0.717) is 18.1 Å². The summed E-state index contributed by atoms with van der Waals surface area (Å²) >= 11 is 0. The Morgan fingerprint density at radius 3 is 2.45 bits per heavy atom. The molecule has 0 unspecified atom stereocenters. The fourth-order valence-corrected chi connectivity index (χ4v) is 6.01. The predicted octanol–water partition coefficient (Wildman–Crippen LogP) is 5.13. The van der Waals surface area contributed by atoms with E-state index in [2.05, 4.69) is 79.3 Å². The number of ketones is 1. The van der Waals surface area contributed by atoms with E-state index in [1.165, 1.54) is 28.1 Å². The topological polar surface area (TPSA) is 34.9 Å². The van der Waals surface area contributed by atoms with E-state index in [1.54, 1.807) is 0 Å². The highest BCUT2D eigenvalue weighted by Gasteiger charge is 2.53. The number of benzene rings is 2. The van der Waals surface area contributed by atoms with Crippen molar-refractivity contribution >= 4 is 5.78 Å². The predicted molar refractivity (Wildman–Crippen MR) is 116 cm³/mol. The zero-order valence-corrected chi connectivity index (χ0v) is 17.3. The number of rotatable bonds is 3. The second-order valence-electron chi connectivity index (χ2n) is 8.88. The van der Waals surface area contributed by atoms with Crippen LogP contribution in [0.15, 0.2) is 60.7 Å². The standard InChI is InChI=1S/C26H28N2O/c1-18-22-14-13-21-24(20-11-7-4-8-12-20)28(2)27-25(21)26(22,16-15-23(18)29)17-19-9-5-3-6-10-19/h3-12,18,22H,13-17H2,1-2H3/t18-,22-,26+/m0/s1. The Morgan fingerprint density at radius 2 is 1.72 bits per heavy atom. The lowest BCUT2D eigenvalue weighted by Gasteiger charge is -2.49. The van der Waals surface area contributed by atoms with Crippen LogP contribution >= 0.6 is 0 Å². The summed E-state index contributed by atoms with van der Waals surface area (Å²) in [6.45, 7) is 2.15. The summed E-state index contributed by atoms with van der Waals surface area (Å²) in [7, 11) is 2.07. The molecule has 3 nitrogen and oxygen atoms in total. The summed E-state index contributed by atoms with van der Waals surface area (Å²) in [4.78, 5) is 12.6. The zero-order valence-electron chi connectivity index (χ0n) is 17.3. The van der Waals surface area contributed by atoms with Crippen LogP contribution < -0.4 is 0 Å². The molecular weight excluding hydrogens is 356 g/mol. The minimum absolute atomic E-state index is 0.0486. The first-order valence-electron chi connectivity index (χ1n) is 10.8. The number of carbonyl (C=O) groups excluding carboxylic acids is 1. The average Bonchev–Trinajstić information content (AvgIpc) is 3.09. The van der Waals surface area contributed by atoms with Crippen molar-refractivity contribution in [1.29, 1.82) is 0 Å². The molecule has 3 atom stereocenters. The smallest absolute Gasteiger partial charge is 0.136 e. The molecular formula is C26H28N2O. The zero-order chi connectivity index (χ0) is 20.0. The molecule has 2 aromatic carbocycles. The van der Waals surface area contributed by atoms with E-state index in [9.17, 15) is 4.79 Å². The maximum absolute atomic E-state index is 12.6. The van der Waals surface area contributed by atoms with Crippen LogP contribution in [0.1, 0.15) is 43.0 Å². The van der Waals surface area contributed by atoms with Crippen molar-refractivity contribution in [2.24, 2.45) is 18.9 Å². The first-order chi connectivity index (χ1) is 14.1. The van der Waals surface area contributed by atoms with Gasteiger partial charge in [-0.15, -0.1) is 0 Å². The highest BCUT2D eigenvalue weighted by atomic mass is 16.1. The summed E-state index contributed by atoms with van der Waals surface area (Å²) in [5, 5.41) is 5.15. The summed E-state index contributed by atoms with van der Waals surface area (Å²) in [5.41, 5.74) is 6.42. The normalized spacial score (nSPS) is 26.1. The largest absolute Gasteiger partial charge is 0.299 e. The quantitative estimate of drug-likeness (QED) is 0.627. The highest BCUT2D eigenvalue weighted by Crippen LogP contribution is 2.54. The molecule has 29 heavy (non-hydrogen) atoms. The van der Waals surface area contributed by atoms with E-state index >= 15 is 0 Å². The first kappa shape index (κ1) is 18.4. The summed E-state index contributed by atoms with van der Waals surface area (Å²) < 4.78 is 2.08. The van der Waals surface area contributed by atoms with Gasteiger partial charge in [-0.2, -0.15) is 5.10 Å². The number of hydrogen-bond donors (Lipinski definition) is 0. The van der Waals surface area contributed by atoms with Gasteiger partial charge in [0.2, 0.25) is 0 Å². The summed E-state index contributed by atoms with van der Waals surface area (Å²) in [5.74, 6) is 0.916. The Hall–Kier alpha value is -2.68. The summed E-state index contributed by atoms with van der Waals surface area (Å²) in [6, 6.07) is 21.4. The van der Waals surface area contributed by atoms with E-state index in [4.69, 9.17) is 5.10 Å². The van der Waals surface area contributed by atoms with E-state index < -0.39 is 0 Å². The highest BCUT2D eigenvalue weighted by molar-refractivity contribution is 5.83. The van der Waals surface area contributed by atoms with Crippen LogP contribution in [0.25, 0.3) is 11.3 Å². The molecule has 0 radical (unpaired) electrons. The van der Waals surface area contributed by atoms with E-state index in [0.717, 1.165) is 25.7 Å². The molecule has 0 saturated heterocycles. The van der Waals surface area contributed by atoms with E-state index in [-0.39, 0.29) is 11.3 Å². The number of aromatic nitrogens is 2. The van der Waals surface area contributed by atoms with Crippen LogP contribution in [0.5, 0.6) is 0 Å². The number of fused-ring (bicyclic) bond motifs is 3. The minimum atomic E-state index is -0.0486. The van der Waals surface area contributed by atoms with Crippen molar-refractivity contribution in [3.63, 3.8) is 0 Å². The molecule has 1 fully saturated rings. The Balaban J connectivity index is 1.69. The molecule has 1 saturated carbocycles. The number of nitrogens with zero attached hydrogens (tertiary/aromatic N) is 2. The van der Waals surface area contributed by atoms with E-state index in [1.807, 2.05) is 0 Å². The van der Waals surface area contributed by atoms with Gasteiger partial charge in [-0.3, -0.25) is 9.48 Å². The third kappa shape index (κ3) is 2.87. The second-order valence-corrected chi connectivity index (χ2v) is 8.88. The van der Waals surface area contributed by atoms with Gasteiger partial charge in [0.05, 0.1) is 11.4 Å². The lowest BCUT2D eigenvalue weighted by molar-refractivity contribution is -0.129. The number of hydrogen-bond acceptors (Lipinski definition) is 2. The van der Waals surface area contributed by atoms with Crippen molar-refractivity contribution in [1.82, 2.24) is 9.78 Å². The van der Waals surface area contributed by atoms with Crippen LogP contribution in [-0.2, 0) is 30.1 Å². The van der Waals surface area contributed by atoms with Crippen molar-refractivity contribution in [2.75, 3.05) is 0 Å². The van der Waals surface area contributed by atoms with Crippen molar-refractivity contribution in [3.05, 3.63) is 77.5 Å². The fraction of sp³-hybridized carbons (Fsp3) is 0.385. The average molecular weight is 385 g/mol. The second kappa shape index (κ2) is 6.98. The number of aryl methyl sites for hydroxylation is 1. The van der Waals surface area contributed by atoms with Crippen LogP contribution in [0, 0.1) is 11.8 Å². The molecule has 0 amide bonds. The third-order valence-electron chi connectivity index (χ3n) is 7.37. The SMILES string of the molecule is C[C@@H]1C(=O)CC[C@]2(Cc3ccccc3)c3nn(C)c(-c4ccccc4)c3CC[C@@H]12. The lowest BCUT2D eigenvalue weighted by atomic mass is 9.53. The molecule has 0 spiro atoms. The molecule has 3 aromatic rings. The molecule has 3 heteroatoms. The van der Waals surface area contributed by atoms with Gasteiger partial charge in [-0.1, -0.05) is 67.6 Å². The molecule has 0 aliphatic heterocycles. The Kier molecular flexibility index (Phi) is 4.42. The van der Waals surface area contributed by atoms with Crippen LogP contribution in [0.3, 0.4) is 0 Å². The van der Waals surface area contributed by atoms with Gasteiger partial charge in [-0.25, -0.2) is 0 Å². The number of carbonyl (C=O) groups is 1. The Labute approximate surface area is 172 Å². The van der Waals surface area contributed by atoms with Gasteiger partial charge in [0.25, 0.3) is 0 Å². The van der Waals surface area contributed by atoms with Crippen molar-refractivity contribution < 1.29 is 4.79 Å². The molecule has 2 aliphatic carbocycles. The molecule has 0 bridgehead atoms. The number of Topliss-reactive ketones (excluding diaryl/α,β-unsaturated/α-hetero) is 1. The Bertz CT molecular complexity index is 1040. The first-order valence-corrected chi connectivity index (χ1v) is 10.8. The molecule has 5 rings (SSSR count). The monoisotopic (exact) mass is 384 g/mol. The minimum Gasteiger partial charge on any atom is -0.299 e. The summed E-state index contributed by atoms with van der Waals surface area (Å²) in [6.07, 6.45) is 4.62. The van der Waals surface area contributed by atoms with Gasteiger partial charge >= 0.3 is 0 Å². The van der Waals surface area contributed by atoms with Gasteiger partial charge < -0.3 is 0 Å².